The first-order valence-electron chi connectivity index (χ1n) is 8.85. The average Bonchev–Trinajstić information content (AvgIpc) is 3.50. The Morgan fingerprint density at radius 3 is 2.00 bits per heavy atom. The van der Waals surface area contributed by atoms with Crippen LogP contribution in [0, 0.1) is 5.41 Å². The first-order chi connectivity index (χ1) is 13.4. The molecule has 1 fully saturated rings. The maximum absolute atomic E-state index is 12.8. The number of anilines is 2. The van der Waals surface area contributed by atoms with E-state index in [9.17, 15) is 14.4 Å². The Bertz CT molecular complexity index is 934. The van der Waals surface area contributed by atoms with Gasteiger partial charge in [0, 0.05) is 23.0 Å². The van der Waals surface area contributed by atoms with Crippen molar-refractivity contribution in [2.75, 3.05) is 24.9 Å². The fourth-order valence-corrected chi connectivity index (χ4v) is 2.91. The van der Waals surface area contributed by atoms with E-state index in [0.717, 1.165) is 0 Å². The average molecular weight is 382 g/mol. The third kappa shape index (κ3) is 3.83. The normalized spacial score (nSPS) is 14.0. The smallest absolute Gasteiger partial charge is 0.240 e. The summed E-state index contributed by atoms with van der Waals surface area (Å²) in [6, 6.07) is 11.7. The highest BCUT2D eigenvalue weighted by Crippen LogP contribution is 2.47. The third-order valence-electron chi connectivity index (χ3n) is 4.79. The fourth-order valence-electron chi connectivity index (χ4n) is 2.91. The van der Waals surface area contributed by atoms with Crippen LogP contribution in [0.25, 0.3) is 0 Å². The topological polar surface area (TPSA) is 93.7 Å². The largest absolute Gasteiger partial charge is 0.493 e. The Morgan fingerprint density at radius 1 is 0.857 bits per heavy atom. The van der Waals surface area contributed by atoms with Crippen LogP contribution in [0.15, 0.2) is 42.5 Å². The lowest BCUT2D eigenvalue weighted by Crippen LogP contribution is -2.35. The van der Waals surface area contributed by atoms with Crippen molar-refractivity contribution in [2.24, 2.45) is 5.41 Å². The summed E-state index contributed by atoms with van der Waals surface area (Å²) in [4.78, 5) is 37.0. The zero-order chi connectivity index (χ0) is 20.3. The van der Waals surface area contributed by atoms with Crippen LogP contribution in [0.4, 0.5) is 11.4 Å². The zero-order valence-corrected chi connectivity index (χ0v) is 16.0. The number of rotatable bonds is 7. The van der Waals surface area contributed by atoms with Gasteiger partial charge in [-0.2, -0.15) is 0 Å². The molecule has 2 amide bonds. The maximum atomic E-state index is 12.8. The van der Waals surface area contributed by atoms with E-state index < -0.39 is 5.41 Å². The SMILES string of the molecule is COc1ccc(NC(=O)C2(C(=O)Nc3cccc(C(C)=O)c3)CC2)cc1OC. The molecule has 146 valence electrons. The summed E-state index contributed by atoms with van der Waals surface area (Å²) in [5.74, 6) is 0.176. The molecule has 0 aliphatic heterocycles. The van der Waals surface area contributed by atoms with Gasteiger partial charge in [0.1, 0.15) is 5.41 Å². The van der Waals surface area contributed by atoms with E-state index in [1.54, 1.807) is 42.5 Å². The highest BCUT2D eigenvalue weighted by molar-refractivity contribution is 6.17. The molecule has 2 N–H and O–H groups in total. The number of benzene rings is 2. The van der Waals surface area contributed by atoms with E-state index in [2.05, 4.69) is 10.6 Å². The van der Waals surface area contributed by atoms with Crippen molar-refractivity contribution in [3.05, 3.63) is 48.0 Å². The highest BCUT2D eigenvalue weighted by atomic mass is 16.5. The summed E-state index contributed by atoms with van der Waals surface area (Å²) >= 11 is 0. The molecule has 7 nitrogen and oxygen atoms in total. The summed E-state index contributed by atoms with van der Waals surface area (Å²) in [5, 5.41) is 5.53. The number of ketones is 1. The molecule has 1 aliphatic carbocycles. The van der Waals surface area contributed by atoms with Gasteiger partial charge in [-0.3, -0.25) is 14.4 Å². The predicted octanol–water partition coefficient (Wildman–Crippen LogP) is 3.26. The van der Waals surface area contributed by atoms with Crippen LogP contribution >= 0.6 is 0 Å². The second-order valence-electron chi connectivity index (χ2n) is 6.70. The van der Waals surface area contributed by atoms with Gasteiger partial charge < -0.3 is 20.1 Å². The summed E-state index contributed by atoms with van der Waals surface area (Å²) in [6.45, 7) is 1.46. The molecule has 7 heteroatoms. The highest BCUT2D eigenvalue weighted by Gasteiger charge is 2.56. The Morgan fingerprint density at radius 2 is 1.46 bits per heavy atom. The summed E-state index contributed by atoms with van der Waals surface area (Å²) < 4.78 is 10.4. The second-order valence-corrected chi connectivity index (χ2v) is 6.70. The van der Waals surface area contributed by atoms with Gasteiger partial charge in [-0.1, -0.05) is 12.1 Å². The number of carbonyl (C=O) groups is 3. The zero-order valence-electron chi connectivity index (χ0n) is 16.0. The number of nitrogens with one attached hydrogen (secondary N) is 2. The van der Waals surface area contributed by atoms with Gasteiger partial charge in [-0.15, -0.1) is 0 Å². The first kappa shape index (κ1) is 19.4. The van der Waals surface area contributed by atoms with Crippen LogP contribution in [0.1, 0.15) is 30.1 Å². The van der Waals surface area contributed by atoms with Crippen LogP contribution < -0.4 is 20.1 Å². The van der Waals surface area contributed by atoms with Gasteiger partial charge in [-0.05, 0) is 44.0 Å². The predicted molar refractivity (Wildman–Crippen MR) is 105 cm³/mol. The summed E-state index contributed by atoms with van der Waals surface area (Å²) in [6.07, 6.45) is 0.925. The molecule has 0 bridgehead atoms. The number of carbonyl (C=O) groups excluding carboxylic acids is 3. The number of Topliss-reactive ketones (excluding diaryl/α,β-unsaturated/α-hetero) is 1. The van der Waals surface area contributed by atoms with Crippen molar-refractivity contribution < 1.29 is 23.9 Å². The van der Waals surface area contributed by atoms with Crippen molar-refractivity contribution >= 4 is 29.0 Å². The van der Waals surface area contributed by atoms with Crippen LogP contribution in [-0.4, -0.2) is 31.8 Å². The van der Waals surface area contributed by atoms with E-state index in [1.165, 1.54) is 21.1 Å². The minimum absolute atomic E-state index is 0.0940. The molecule has 1 saturated carbocycles. The van der Waals surface area contributed by atoms with E-state index in [4.69, 9.17) is 9.47 Å². The molecule has 2 aromatic rings. The van der Waals surface area contributed by atoms with Crippen LogP contribution in [-0.2, 0) is 9.59 Å². The molecular formula is C21H22N2O5. The fraction of sp³-hybridized carbons (Fsp3) is 0.286. The summed E-state index contributed by atoms with van der Waals surface area (Å²) in [7, 11) is 3.04. The van der Waals surface area contributed by atoms with Crippen molar-refractivity contribution in [3.63, 3.8) is 0 Å². The molecule has 1 aliphatic rings. The molecule has 0 aromatic heterocycles. The first-order valence-corrected chi connectivity index (χ1v) is 8.85. The number of hydrogen-bond acceptors (Lipinski definition) is 5. The number of amides is 2. The van der Waals surface area contributed by atoms with Crippen molar-refractivity contribution in [1.29, 1.82) is 0 Å². The lowest BCUT2D eigenvalue weighted by atomic mass is 10.0. The monoisotopic (exact) mass is 382 g/mol. The molecule has 0 unspecified atom stereocenters. The molecule has 0 saturated heterocycles. The van der Waals surface area contributed by atoms with Gasteiger partial charge >= 0.3 is 0 Å². The van der Waals surface area contributed by atoms with Crippen LogP contribution in [0.3, 0.4) is 0 Å². The molecule has 0 spiro atoms. The maximum Gasteiger partial charge on any atom is 0.240 e. The molecule has 0 radical (unpaired) electrons. The van der Waals surface area contributed by atoms with Crippen molar-refractivity contribution in [1.82, 2.24) is 0 Å². The van der Waals surface area contributed by atoms with Crippen molar-refractivity contribution in [3.8, 4) is 11.5 Å². The molecular weight excluding hydrogens is 360 g/mol. The summed E-state index contributed by atoms with van der Waals surface area (Å²) in [5.41, 5.74) is 0.389. The lowest BCUT2D eigenvalue weighted by Gasteiger charge is -2.16. The van der Waals surface area contributed by atoms with Crippen LogP contribution in [0.2, 0.25) is 0 Å². The van der Waals surface area contributed by atoms with Gasteiger partial charge in [0.15, 0.2) is 17.3 Å². The Hall–Kier alpha value is -3.35. The van der Waals surface area contributed by atoms with E-state index in [0.29, 0.717) is 41.3 Å². The number of ether oxygens (including phenoxy) is 2. The minimum Gasteiger partial charge on any atom is -0.493 e. The molecule has 0 atom stereocenters. The lowest BCUT2D eigenvalue weighted by molar-refractivity contribution is -0.131. The Kier molecular flexibility index (Phi) is 5.35. The number of methoxy groups -OCH3 is 2. The van der Waals surface area contributed by atoms with Gasteiger partial charge in [0.2, 0.25) is 11.8 Å². The third-order valence-corrected chi connectivity index (χ3v) is 4.79. The minimum atomic E-state index is -1.11. The molecule has 2 aromatic carbocycles. The van der Waals surface area contributed by atoms with Crippen molar-refractivity contribution in [2.45, 2.75) is 19.8 Å². The van der Waals surface area contributed by atoms with Crippen LogP contribution in [0.5, 0.6) is 11.5 Å². The Balaban J connectivity index is 1.72. The van der Waals surface area contributed by atoms with Gasteiger partial charge in [-0.25, -0.2) is 0 Å². The van der Waals surface area contributed by atoms with E-state index >= 15 is 0 Å². The number of hydrogen-bond donors (Lipinski definition) is 2. The van der Waals surface area contributed by atoms with E-state index in [-0.39, 0.29) is 17.6 Å². The quantitative estimate of drug-likeness (QED) is 0.566. The molecule has 0 heterocycles. The van der Waals surface area contributed by atoms with Gasteiger partial charge in [0.25, 0.3) is 0 Å². The molecule has 28 heavy (non-hydrogen) atoms. The van der Waals surface area contributed by atoms with E-state index in [1.807, 2.05) is 0 Å². The van der Waals surface area contributed by atoms with Gasteiger partial charge in [0.05, 0.1) is 14.2 Å². The Labute approximate surface area is 163 Å². The second kappa shape index (κ2) is 7.72. The standard InChI is InChI=1S/C21H22N2O5/c1-13(24)14-5-4-6-15(11-14)22-19(25)21(9-10-21)20(26)23-16-7-8-17(27-2)18(12-16)28-3/h4-8,11-12H,9-10H2,1-3H3,(H,22,25)(H,23,26). The molecule has 3 rings (SSSR count).